The maximum Gasteiger partial charge on any atom is 0.335 e. The molecule has 0 amide bonds. The largest absolute Gasteiger partial charge is 0.478 e. The van der Waals surface area contributed by atoms with Crippen LogP contribution in [0.15, 0.2) is 46.3 Å². The number of benzene rings is 1. The molecule has 104 valence electrons. The third kappa shape index (κ3) is 3.61. The highest BCUT2D eigenvalue weighted by Gasteiger charge is 2.10. The molecule has 1 heterocycles. The van der Waals surface area contributed by atoms with Crippen molar-refractivity contribution in [2.24, 2.45) is 0 Å². The van der Waals surface area contributed by atoms with Crippen LogP contribution in [0.5, 0.6) is 0 Å². The molecule has 3 nitrogen and oxygen atoms in total. The highest BCUT2D eigenvalue weighted by Crippen LogP contribution is 2.29. The van der Waals surface area contributed by atoms with E-state index < -0.39 is 5.97 Å². The third-order valence-electron chi connectivity index (χ3n) is 2.92. The zero-order chi connectivity index (χ0) is 14.5. The Balaban J connectivity index is 2.35. The van der Waals surface area contributed by atoms with Crippen LogP contribution in [-0.2, 0) is 6.42 Å². The molecule has 0 aliphatic heterocycles. The van der Waals surface area contributed by atoms with Crippen molar-refractivity contribution in [1.82, 2.24) is 4.98 Å². The maximum absolute atomic E-state index is 11.2. The van der Waals surface area contributed by atoms with E-state index in [4.69, 9.17) is 0 Å². The van der Waals surface area contributed by atoms with Crippen LogP contribution in [0.2, 0.25) is 0 Å². The Labute approximate surface area is 123 Å². The predicted molar refractivity (Wildman–Crippen MR) is 80.5 cm³/mol. The van der Waals surface area contributed by atoms with E-state index in [1.807, 2.05) is 31.2 Å². The Morgan fingerprint density at radius 1 is 1.30 bits per heavy atom. The molecule has 4 heteroatoms. The van der Waals surface area contributed by atoms with Gasteiger partial charge in [-0.1, -0.05) is 43.3 Å². The summed E-state index contributed by atoms with van der Waals surface area (Å²) in [5.41, 5.74) is 2.31. The average Bonchev–Trinajstić information content (AvgIpc) is 2.41. The first-order valence-electron chi connectivity index (χ1n) is 6.58. The standard InChI is InChI=1S/C16H17NO2S/c1-3-6-13-9-12(16(18)19)10-15(17-13)20-14-8-5-4-7-11(14)2/h4-5,7-10H,3,6H2,1-2H3,(H,18,19). The Hall–Kier alpha value is -1.81. The van der Waals surface area contributed by atoms with Gasteiger partial charge < -0.3 is 5.11 Å². The molecule has 0 saturated carbocycles. The minimum atomic E-state index is -0.906. The van der Waals surface area contributed by atoms with E-state index in [0.717, 1.165) is 34.0 Å². The van der Waals surface area contributed by atoms with E-state index in [1.54, 1.807) is 12.1 Å². The number of aromatic nitrogens is 1. The van der Waals surface area contributed by atoms with Crippen LogP contribution >= 0.6 is 11.8 Å². The van der Waals surface area contributed by atoms with E-state index in [-0.39, 0.29) is 0 Å². The summed E-state index contributed by atoms with van der Waals surface area (Å²) in [5, 5.41) is 9.92. The van der Waals surface area contributed by atoms with Gasteiger partial charge in [0.1, 0.15) is 5.03 Å². The molecule has 1 aromatic carbocycles. The number of pyridine rings is 1. The Kier molecular flexibility index (Phi) is 4.79. The van der Waals surface area contributed by atoms with Crippen LogP contribution in [0, 0.1) is 6.92 Å². The number of carbonyl (C=O) groups is 1. The molecule has 0 radical (unpaired) electrons. The fourth-order valence-corrected chi connectivity index (χ4v) is 2.85. The number of rotatable bonds is 5. The van der Waals surface area contributed by atoms with Gasteiger partial charge in [-0.15, -0.1) is 0 Å². The van der Waals surface area contributed by atoms with Crippen LogP contribution in [0.4, 0.5) is 0 Å². The van der Waals surface area contributed by atoms with Crippen molar-refractivity contribution < 1.29 is 9.90 Å². The second-order valence-corrected chi connectivity index (χ2v) is 5.67. The van der Waals surface area contributed by atoms with Gasteiger partial charge in [-0.25, -0.2) is 9.78 Å². The molecule has 0 fully saturated rings. The van der Waals surface area contributed by atoms with Crippen molar-refractivity contribution in [1.29, 1.82) is 0 Å². The van der Waals surface area contributed by atoms with Gasteiger partial charge in [0.2, 0.25) is 0 Å². The molecule has 1 aromatic heterocycles. The molecular weight excluding hydrogens is 270 g/mol. The number of aryl methyl sites for hydroxylation is 2. The summed E-state index contributed by atoms with van der Waals surface area (Å²) in [4.78, 5) is 16.8. The second-order valence-electron chi connectivity index (χ2n) is 4.61. The lowest BCUT2D eigenvalue weighted by atomic mass is 10.2. The van der Waals surface area contributed by atoms with Crippen molar-refractivity contribution in [3.63, 3.8) is 0 Å². The van der Waals surface area contributed by atoms with Crippen molar-refractivity contribution in [3.8, 4) is 0 Å². The quantitative estimate of drug-likeness (QED) is 0.895. The van der Waals surface area contributed by atoms with Crippen molar-refractivity contribution in [2.75, 3.05) is 0 Å². The summed E-state index contributed by atoms with van der Waals surface area (Å²) in [5.74, 6) is -0.906. The summed E-state index contributed by atoms with van der Waals surface area (Å²) in [7, 11) is 0. The second kappa shape index (κ2) is 6.57. The lowest BCUT2D eigenvalue weighted by Crippen LogP contribution is -2.01. The first kappa shape index (κ1) is 14.6. The molecule has 20 heavy (non-hydrogen) atoms. The van der Waals surface area contributed by atoms with E-state index in [1.165, 1.54) is 11.8 Å². The van der Waals surface area contributed by atoms with E-state index in [0.29, 0.717) is 5.56 Å². The summed E-state index contributed by atoms with van der Waals surface area (Å²) in [6.45, 7) is 4.10. The van der Waals surface area contributed by atoms with E-state index in [2.05, 4.69) is 11.9 Å². The van der Waals surface area contributed by atoms with Gasteiger partial charge in [-0.2, -0.15) is 0 Å². The fourth-order valence-electron chi connectivity index (χ4n) is 1.90. The zero-order valence-electron chi connectivity index (χ0n) is 11.6. The fraction of sp³-hybridized carbons (Fsp3) is 0.250. The summed E-state index contributed by atoms with van der Waals surface area (Å²) >= 11 is 1.51. The first-order chi connectivity index (χ1) is 9.60. The highest BCUT2D eigenvalue weighted by molar-refractivity contribution is 7.99. The molecule has 0 spiro atoms. The van der Waals surface area contributed by atoms with Gasteiger partial charge in [-0.3, -0.25) is 0 Å². The van der Waals surface area contributed by atoms with Crippen LogP contribution in [0.1, 0.15) is 35.0 Å². The van der Waals surface area contributed by atoms with Gasteiger partial charge in [0.25, 0.3) is 0 Å². The SMILES string of the molecule is CCCc1cc(C(=O)O)cc(Sc2ccccc2C)n1. The van der Waals surface area contributed by atoms with Gasteiger partial charge in [-0.05, 0) is 37.1 Å². The Morgan fingerprint density at radius 2 is 2.05 bits per heavy atom. The van der Waals surface area contributed by atoms with Crippen molar-refractivity contribution in [3.05, 3.63) is 53.2 Å². The average molecular weight is 287 g/mol. The van der Waals surface area contributed by atoms with Gasteiger partial charge >= 0.3 is 5.97 Å². The van der Waals surface area contributed by atoms with Gasteiger partial charge in [0.05, 0.1) is 5.56 Å². The molecule has 0 bridgehead atoms. The number of hydrogen-bond acceptors (Lipinski definition) is 3. The van der Waals surface area contributed by atoms with Gasteiger partial charge in [0.15, 0.2) is 0 Å². The number of carboxylic acid groups (broad SMARTS) is 1. The van der Waals surface area contributed by atoms with Crippen LogP contribution < -0.4 is 0 Å². The molecule has 0 aliphatic carbocycles. The maximum atomic E-state index is 11.2. The lowest BCUT2D eigenvalue weighted by Gasteiger charge is -2.08. The van der Waals surface area contributed by atoms with Crippen LogP contribution in [0.25, 0.3) is 0 Å². The molecule has 2 aromatic rings. The number of nitrogens with zero attached hydrogens (tertiary/aromatic N) is 1. The normalized spacial score (nSPS) is 10.5. The summed E-state index contributed by atoms with van der Waals surface area (Å²) in [6, 6.07) is 11.3. The molecule has 1 N–H and O–H groups in total. The Morgan fingerprint density at radius 3 is 2.70 bits per heavy atom. The number of hydrogen-bond donors (Lipinski definition) is 1. The molecule has 0 saturated heterocycles. The predicted octanol–water partition coefficient (Wildman–Crippen LogP) is 4.19. The third-order valence-corrected chi connectivity index (χ3v) is 4.01. The minimum absolute atomic E-state index is 0.305. The molecular formula is C16H17NO2S. The first-order valence-corrected chi connectivity index (χ1v) is 7.39. The lowest BCUT2D eigenvalue weighted by molar-refractivity contribution is 0.0696. The smallest absolute Gasteiger partial charge is 0.335 e. The van der Waals surface area contributed by atoms with Gasteiger partial charge in [0, 0.05) is 10.6 Å². The highest BCUT2D eigenvalue weighted by atomic mass is 32.2. The Bertz CT molecular complexity index is 626. The molecule has 0 atom stereocenters. The molecule has 0 unspecified atom stereocenters. The van der Waals surface area contributed by atoms with E-state index >= 15 is 0 Å². The monoisotopic (exact) mass is 287 g/mol. The summed E-state index contributed by atoms with van der Waals surface area (Å²) < 4.78 is 0. The van der Waals surface area contributed by atoms with Crippen molar-refractivity contribution >= 4 is 17.7 Å². The molecule has 2 rings (SSSR count). The topological polar surface area (TPSA) is 50.2 Å². The number of aromatic carboxylic acids is 1. The van der Waals surface area contributed by atoms with Crippen LogP contribution in [-0.4, -0.2) is 16.1 Å². The molecule has 0 aliphatic rings. The van der Waals surface area contributed by atoms with Crippen molar-refractivity contribution in [2.45, 2.75) is 36.6 Å². The summed E-state index contributed by atoms with van der Waals surface area (Å²) in [6.07, 6.45) is 1.74. The van der Waals surface area contributed by atoms with Crippen LogP contribution in [0.3, 0.4) is 0 Å². The zero-order valence-corrected chi connectivity index (χ0v) is 12.4. The number of carboxylic acids is 1. The van der Waals surface area contributed by atoms with E-state index in [9.17, 15) is 9.90 Å². The minimum Gasteiger partial charge on any atom is -0.478 e.